The summed E-state index contributed by atoms with van der Waals surface area (Å²) in [6, 6.07) is 13.1. The maximum absolute atomic E-state index is 12.7. The van der Waals surface area contributed by atoms with Gasteiger partial charge < -0.3 is 24.1 Å². The van der Waals surface area contributed by atoms with Crippen LogP contribution in [0.5, 0.6) is 11.5 Å². The second-order valence-electron chi connectivity index (χ2n) is 6.95. The Balaban J connectivity index is 1.65. The lowest BCUT2D eigenvalue weighted by Gasteiger charge is -2.20. The molecule has 32 heavy (non-hydrogen) atoms. The SMILES string of the molecule is CCN(CC)c1ccc2cc(-c3nnc(Nc4cc(OC)ccc4OC)s3)c(=O)oc2c1. The molecule has 8 nitrogen and oxygen atoms in total. The number of aromatic nitrogens is 2. The Labute approximate surface area is 189 Å². The van der Waals surface area contributed by atoms with Crippen LogP contribution in [-0.4, -0.2) is 37.5 Å². The standard InChI is InChI=1S/C23H24N4O4S/c1-5-27(6-2)15-8-7-14-11-17(22(28)31-20(14)12-15)21-25-26-23(32-21)24-18-13-16(29-3)9-10-19(18)30-4/h7-13H,5-6H2,1-4H3,(H,24,26). The Kier molecular flexibility index (Phi) is 6.27. The van der Waals surface area contributed by atoms with Gasteiger partial charge in [0.2, 0.25) is 5.13 Å². The number of methoxy groups -OCH3 is 2. The van der Waals surface area contributed by atoms with Crippen molar-refractivity contribution >= 4 is 38.8 Å². The lowest BCUT2D eigenvalue weighted by atomic mass is 10.1. The van der Waals surface area contributed by atoms with E-state index in [1.165, 1.54) is 11.3 Å². The number of rotatable bonds is 8. The highest BCUT2D eigenvalue weighted by Crippen LogP contribution is 2.34. The van der Waals surface area contributed by atoms with E-state index >= 15 is 0 Å². The number of hydrogen-bond acceptors (Lipinski definition) is 9. The Morgan fingerprint density at radius 3 is 2.56 bits per heavy atom. The number of nitrogens with zero attached hydrogens (tertiary/aromatic N) is 3. The van der Waals surface area contributed by atoms with E-state index < -0.39 is 5.63 Å². The van der Waals surface area contributed by atoms with Crippen LogP contribution in [0.2, 0.25) is 0 Å². The normalized spacial score (nSPS) is 10.9. The summed E-state index contributed by atoms with van der Waals surface area (Å²) < 4.78 is 16.3. The highest BCUT2D eigenvalue weighted by Gasteiger charge is 2.15. The van der Waals surface area contributed by atoms with E-state index in [0.29, 0.717) is 38.5 Å². The zero-order valence-corrected chi connectivity index (χ0v) is 19.2. The molecule has 0 fully saturated rings. The number of fused-ring (bicyclic) bond motifs is 1. The van der Waals surface area contributed by atoms with Gasteiger partial charge in [0.05, 0.1) is 25.5 Å². The Hall–Kier alpha value is -3.59. The molecule has 9 heteroatoms. The minimum atomic E-state index is -0.448. The zero-order chi connectivity index (χ0) is 22.7. The molecule has 4 aromatic rings. The number of anilines is 3. The molecule has 0 radical (unpaired) electrons. The monoisotopic (exact) mass is 452 g/mol. The molecule has 0 saturated carbocycles. The van der Waals surface area contributed by atoms with Crippen molar-refractivity contribution < 1.29 is 13.9 Å². The fourth-order valence-corrected chi connectivity index (χ4v) is 4.20. The molecule has 0 atom stereocenters. The van der Waals surface area contributed by atoms with Crippen LogP contribution in [0.25, 0.3) is 21.5 Å². The molecule has 2 heterocycles. The first-order valence-electron chi connectivity index (χ1n) is 10.2. The summed E-state index contributed by atoms with van der Waals surface area (Å²) in [5.74, 6) is 1.31. The summed E-state index contributed by atoms with van der Waals surface area (Å²) in [4.78, 5) is 14.9. The van der Waals surface area contributed by atoms with Gasteiger partial charge in [-0.1, -0.05) is 11.3 Å². The molecule has 166 valence electrons. The molecule has 0 aliphatic carbocycles. The van der Waals surface area contributed by atoms with Crippen molar-refractivity contribution in [2.75, 3.05) is 37.5 Å². The molecule has 0 saturated heterocycles. The van der Waals surface area contributed by atoms with Crippen molar-refractivity contribution in [2.24, 2.45) is 0 Å². The van der Waals surface area contributed by atoms with E-state index in [9.17, 15) is 4.79 Å². The molecule has 2 aromatic heterocycles. The topological polar surface area (TPSA) is 89.7 Å². The minimum absolute atomic E-state index is 0.372. The molecule has 4 rings (SSSR count). The van der Waals surface area contributed by atoms with Gasteiger partial charge in [0.1, 0.15) is 17.1 Å². The quantitative estimate of drug-likeness (QED) is 0.377. The van der Waals surface area contributed by atoms with Gasteiger partial charge in [0, 0.05) is 36.3 Å². The second kappa shape index (κ2) is 9.27. The van der Waals surface area contributed by atoms with Crippen LogP contribution in [0.15, 0.2) is 51.7 Å². The van der Waals surface area contributed by atoms with Gasteiger partial charge in [0.15, 0.2) is 5.01 Å². The number of ether oxygens (including phenoxy) is 2. The van der Waals surface area contributed by atoms with E-state index in [2.05, 4.69) is 34.3 Å². The van der Waals surface area contributed by atoms with Crippen LogP contribution >= 0.6 is 11.3 Å². The van der Waals surface area contributed by atoms with Gasteiger partial charge in [-0.2, -0.15) is 0 Å². The average molecular weight is 453 g/mol. The van der Waals surface area contributed by atoms with E-state index in [1.54, 1.807) is 32.4 Å². The lowest BCUT2D eigenvalue weighted by molar-refractivity contribution is 0.405. The summed E-state index contributed by atoms with van der Waals surface area (Å²) in [5.41, 5.74) is 2.18. The third-order valence-electron chi connectivity index (χ3n) is 5.15. The van der Waals surface area contributed by atoms with Gasteiger partial charge in [0.25, 0.3) is 0 Å². The summed E-state index contributed by atoms with van der Waals surface area (Å²) in [6.07, 6.45) is 0. The maximum atomic E-state index is 12.7. The third kappa shape index (κ3) is 4.24. The van der Waals surface area contributed by atoms with Crippen molar-refractivity contribution in [3.63, 3.8) is 0 Å². The molecule has 0 spiro atoms. The minimum Gasteiger partial charge on any atom is -0.497 e. The first-order chi connectivity index (χ1) is 15.6. The summed E-state index contributed by atoms with van der Waals surface area (Å²) in [5, 5.41) is 13.4. The Morgan fingerprint density at radius 2 is 1.84 bits per heavy atom. The molecule has 0 bridgehead atoms. The summed E-state index contributed by atoms with van der Waals surface area (Å²) in [7, 11) is 3.18. The molecular formula is C23H24N4O4S. The number of benzene rings is 2. The second-order valence-corrected chi connectivity index (χ2v) is 7.92. The smallest absolute Gasteiger partial charge is 0.346 e. The van der Waals surface area contributed by atoms with Crippen molar-refractivity contribution in [3.05, 3.63) is 52.9 Å². The third-order valence-corrected chi connectivity index (χ3v) is 6.02. The van der Waals surface area contributed by atoms with Crippen LogP contribution in [0.4, 0.5) is 16.5 Å². The number of nitrogens with one attached hydrogen (secondary N) is 1. The number of hydrogen-bond donors (Lipinski definition) is 1. The molecule has 0 aliphatic rings. The lowest BCUT2D eigenvalue weighted by Crippen LogP contribution is -2.21. The zero-order valence-electron chi connectivity index (χ0n) is 18.3. The van der Waals surface area contributed by atoms with E-state index in [4.69, 9.17) is 13.9 Å². The van der Waals surface area contributed by atoms with Gasteiger partial charge in [-0.15, -0.1) is 10.2 Å². The van der Waals surface area contributed by atoms with Crippen LogP contribution < -0.4 is 25.3 Å². The van der Waals surface area contributed by atoms with Crippen molar-refractivity contribution in [3.8, 4) is 22.1 Å². The van der Waals surface area contributed by atoms with Crippen LogP contribution in [-0.2, 0) is 0 Å². The largest absolute Gasteiger partial charge is 0.497 e. The molecular weight excluding hydrogens is 428 g/mol. The molecule has 0 aliphatic heterocycles. The molecule has 0 amide bonds. The highest BCUT2D eigenvalue weighted by atomic mass is 32.1. The molecule has 2 aromatic carbocycles. The summed E-state index contributed by atoms with van der Waals surface area (Å²) in [6.45, 7) is 5.94. The van der Waals surface area contributed by atoms with Crippen molar-refractivity contribution in [1.82, 2.24) is 10.2 Å². The van der Waals surface area contributed by atoms with E-state index in [0.717, 1.165) is 24.2 Å². The predicted octanol–water partition coefficient (Wildman–Crippen LogP) is 4.92. The van der Waals surface area contributed by atoms with Gasteiger partial charge >= 0.3 is 5.63 Å². The van der Waals surface area contributed by atoms with Crippen LogP contribution in [0.1, 0.15) is 13.8 Å². The Morgan fingerprint density at radius 1 is 1.03 bits per heavy atom. The van der Waals surface area contributed by atoms with Gasteiger partial charge in [-0.3, -0.25) is 0 Å². The molecule has 1 N–H and O–H groups in total. The average Bonchev–Trinajstić information content (AvgIpc) is 3.27. The first kappa shape index (κ1) is 21.6. The fourth-order valence-electron chi connectivity index (χ4n) is 3.44. The van der Waals surface area contributed by atoms with E-state index in [1.807, 2.05) is 24.3 Å². The van der Waals surface area contributed by atoms with Crippen molar-refractivity contribution in [1.29, 1.82) is 0 Å². The van der Waals surface area contributed by atoms with Crippen LogP contribution in [0.3, 0.4) is 0 Å². The van der Waals surface area contributed by atoms with Crippen LogP contribution in [0, 0.1) is 0 Å². The first-order valence-corrected chi connectivity index (χ1v) is 11.0. The van der Waals surface area contributed by atoms with Gasteiger partial charge in [-0.05, 0) is 44.2 Å². The molecule has 0 unspecified atom stereocenters. The Bertz CT molecular complexity index is 1300. The highest BCUT2D eigenvalue weighted by molar-refractivity contribution is 7.18. The van der Waals surface area contributed by atoms with E-state index in [-0.39, 0.29) is 0 Å². The van der Waals surface area contributed by atoms with Gasteiger partial charge in [-0.25, -0.2) is 4.79 Å². The fraction of sp³-hybridized carbons (Fsp3) is 0.261. The summed E-state index contributed by atoms with van der Waals surface area (Å²) >= 11 is 1.25. The predicted molar refractivity (Wildman–Crippen MR) is 128 cm³/mol. The van der Waals surface area contributed by atoms with Crippen molar-refractivity contribution in [2.45, 2.75) is 13.8 Å². The maximum Gasteiger partial charge on any atom is 0.346 e.